The van der Waals surface area contributed by atoms with Crippen LogP contribution in [0.2, 0.25) is 0 Å². The van der Waals surface area contributed by atoms with Gasteiger partial charge in [-0.1, -0.05) is 6.07 Å². The van der Waals surface area contributed by atoms with E-state index in [2.05, 4.69) is 20.8 Å². The molecule has 0 fully saturated rings. The average Bonchev–Trinajstić information content (AvgIpc) is 2.91. The van der Waals surface area contributed by atoms with Gasteiger partial charge in [-0.05, 0) is 24.6 Å². The fourth-order valence-electron chi connectivity index (χ4n) is 1.72. The summed E-state index contributed by atoms with van der Waals surface area (Å²) in [4.78, 5) is 11.7. The first-order chi connectivity index (χ1) is 9.60. The monoisotopic (exact) mass is 278 g/mol. The highest BCUT2D eigenvalue weighted by molar-refractivity contribution is 5.89. The van der Waals surface area contributed by atoms with Crippen molar-refractivity contribution in [2.45, 2.75) is 13.0 Å². The second-order valence-corrected chi connectivity index (χ2v) is 4.20. The highest BCUT2D eigenvalue weighted by Crippen LogP contribution is 2.21. The highest BCUT2D eigenvalue weighted by Gasteiger charge is 2.12. The molecule has 0 saturated heterocycles. The molecule has 2 amide bonds. The van der Waals surface area contributed by atoms with Crippen LogP contribution in [0.4, 0.5) is 14.9 Å². The first kappa shape index (κ1) is 13.9. The lowest BCUT2D eigenvalue weighted by molar-refractivity contribution is 0.249. The van der Waals surface area contributed by atoms with Crippen LogP contribution in [0.15, 0.2) is 30.6 Å². The van der Waals surface area contributed by atoms with Gasteiger partial charge in [0.1, 0.15) is 0 Å². The van der Waals surface area contributed by atoms with Crippen molar-refractivity contribution in [3.63, 3.8) is 0 Å². The number of nitrogens with one attached hydrogen (secondary N) is 3. The van der Waals surface area contributed by atoms with Crippen LogP contribution < -0.4 is 15.4 Å². The molecule has 0 aliphatic carbocycles. The van der Waals surface area contributed by atoms with Crippen molar-refractivity contribution in [2.24, 2.45) is 0 Å². The van der Waals surface area contributed by atoms with Gasteiger partial charge in [0.15, 0.2) is 11.6 Å². The van der Waals surface area contributed by atoms with Crippen LogP contribution in [0, 0.1) is 5.82 Å². The molecule has 106 valence electrons. The van der Waals surface area contributed by atoms with Gasteiger partial charge in [0.05, 0.1) is 25.0 Å². The summed E-state index contributed by atoms with van der Waals surface area (Å²) in [5.41, 5.74) is 1.20. The number of nitrogens with zero attached hydrogens (tertiary/aromatic N) is 1. The van der Waals surface area contributed by atoms with Gasteiger partial charge in [0.2, 0.25) is 0 Å². The summed E-state index contributed by atoms with van der Waals surface area (Å²) in [6.45, 7) is 1.76. The number of carbonyl (C=O) groups excluding carboxylic acids is 1. The van der Waals surface area contributed by atoms with Gasteiger partial charge in [-0.15, -0.1) is 0 Å². The lowest BCUT2D eigenvalue weighted by atomic mass is 10.1. The summed E-state index contributed by atoms with van der Waals surface area (Å²) in [6, 6.07) is 3.82. The Balaban J connectivity index is 1.99. The van der Waals surface area contributed by atoms with Gasteiger partial charge in [-0.3, -0.25) is 5.10 Å². The minimum atomic E-state index is -0.464. The van der Waals surface area contributed by atoms with Crippen LogP contribution in [0.1, 0.15) is 18.5 Å². The Kier molecular flexibility index (Phi) is 4.19. The molecule has 0 aliphatic rings. The number of anilines is 1. The molecule has 1 aromatic carbocycles. The van der Waals surface area contributed by atoms with Crippen molar-refractivity contribution < 1.29 is 13.9 Å². The lowest BCUT2D eigenvalue weighted by Crippen LogP contribution is -2.31. The van der Waals surface area contributed by atoms with Crippen LogP contribution in [0.5, 0.6) is 5.75 Å². The Morgan fingerprint density at radius 3 is 2.90 bits per heavy atom. The summed E-state index contributed by atoms with van der Waals surface area (Å²) < 4.78 is 18.4. The summed E-state index contributed by atoms with van der Waals surface area (Å²) in [5, 5.41) is 11.6. The van der Waals surface area contributed by atoms with Crippen LogP contribution in [0.3, 0.4) is 0 Å². The Morgan fingerprint density at radius 2 is 2.30 bits per heavy atom. The molecule has 0 aliphatic heterocycles. The minimum Gasteiger partial charge on any atom is -0.494 e. The first-order valence-corrected chi connectivity index (χ1v) is 6.00. The summed E-state index contributed by atoms with van der Waals surface area (Å²) in [7, 11) is 1.40. The predicted molar refractivity (Wildman–Crippen MR) is 72.1 cm³/mol. The van der Waals surface area contributed by atoms with Gasteiger partial charge in [0.25, 0.3) is 0 Å². The fourth-order valence-corrected chi connectivity index (χ4v) is 1.72. The number of carbonyl (C=O) groups is 1. The SMILES string of the molecule is COc1ccc([C@@H](C)NC(=O)Nc2cn[nH]c2)cc1F. The van der Waals surface area contributed by atoms with Crippen LogP contribution in [-0.4, -0.2) is 23.3 Å². The number of benzene rings is 1. The Morgan fingerprint density at radius 1 is 1.50 bits per heavy atom. The number of aromatic nitrogens is 2. The molecule has 6 nitrogen and oxygen atoms in total. The molecule has 0 unspecified atom stereocenters. The molecule has 0 radical (unpaired) electrons. The zero-order valence-electron chi connectivity index (χ0n) is 11.1. The lowest BCUT2D eigenvalue weighted by Gasteiger charge is -2.15. The van der Waals surface area contributed by atoms with Crippen molar-refractivity contribution in [2.75, 3.05) is 12.4 Å². The van der Waals surface area contributed by atoms with Crippen LogP contribution in [0.25, 0.3) is 0 Å². The van der Waals surface area contributed by atoms with Gasteiger partial charge in [0, 0.05) is 6.20 Å². The number of methoxy groups -OCH3 is 1. The second-order valence-electron chi connectivity index (χ2n) is 4.20. The number of H-pyrrole nitrogens is 1. The molecule has 2 rings (SSSR count). The maximum atomic E-state index is 13.6. The molecular weight excluding hydrogens is 263 g/mol. The van der Waals surface area contributed by atoms with E-state index in [0.29, 0.717) is 11.3 Å². The van der Waals surface area contributed by atoms with Gasteiger partial charge in [-0.25, -0.2) is 9.18 Å². The van der Waals surface area contributed by atoms with Crippen molar-refractivity contribution >= 4 is 11.7 Å². The Bertz CT molecular complexity index is 586. The molecule has 0 spiro atoms. The summed E-state index contributed by atoms with van der Waals surface area (Å²) >= 11 is 0. The molecule has 0 bridgehead atoms. The van der Waals surface area contributed by atoms with Crippen molar-refractivity contribution in [1.82, 2.24) is 15.5 Å². The third kappa shape index (κ3) is 3.25. The molecule has 7 heteroatoms. The number of urea groups is 1. The second kappa shape index (κ2) is 6.05. The summed E-state index contributed by atoms with van der Waals surface area (Å²) in [6.07, 6.45) is 3.04. The molecule has 3 N–H and O–H groups in total. The normalized spacial score (nSPS) is 11.8. The van der Waals surface area contributed by atoms with Crippen molar-refractivity contribution in [3.05, 3.63) is 42.0 Å². The molecular formula is C13H15FN4O2. The number of amides is 2. The third-order valence-electron chi connectivity index (χ3n) is 2.78. The quantitative estimate of drug-likeness (QED) is 0.803. The highest BCUT2D eigenvalue weighted by atomic mass is 19.1. The van der Waals surface area contributed by atoms with Crippen LogP contribution in [-0.2, 0) is 0 Å². The van der Waals surface area contributed by atoms with E-state index in [1.54, 1.807) is 19.2 Å². The average molecular weight is 278 g/mol. The van der Waals surface area contributed by atoms with E-state index in [4.69, 9.17) is 4.74 Å². The van der Waals surface area contributed by atoms with E-state index in [1.807, 2.05) is 0 Å². The van der Waals surface area contributed by atoms with E-state index >= 15 is 0 Å². The number of hydrogen-bond donors (Lipinski definition) is 3. The number of aromatic amines is 1. The largest absolute Gasteiger partial charge is 0.494 e. The maximum absolute atomic E-state index is 13.6. The smallest absolute Gasteiger partial charge is 0.319 e. The number of halogens is 1. The van der Waals surface area contributed by atoms with E-state index in [1.165, 1.54) is 25.4 Å². The Labute approximate surface area is 115 Å². The maximum Gasteiger partial charge on any atom is 0.319 e. The minimum absolute atomic E-state index is 0.170. The standard InChI is InChI=1S/C13H15FN4O2/c1-8(9-3-4-12(20-2)11(14)5-9)17-13(19)18-10-6-15-16-7-10/h3-8H,1-2H3,(H,15,16)(H2,17,18,19)/t8-/m1/s1. The van der Waals surface area contributed by atoms with E-state index in [0.717, 1.165) is 0 Å². The molecule has 20 heavy (non-hydrogen) atoms. The molecule has 1 aromatic heterocycles. The molecule has 0 saturated carbocycles. The van der Waals surface area contributed by atoms with Crippen molar-refractivity contribution in [3.8, 4) is 5.75 Å². The number of hydrogen-bond acceptors (Lipinski definition) is 3. The topological polar surface area (TPSA) is 79.0 Å². The van der Waals surface area contributed by atoms with Gasteiger partial charge >= 0.3 is 6.03 Å². The van der Waals surface area contributed by atoms with Gasteiger partial charge in [-0.2, -0.15) is 5.10 Å². The molecule has 1 heterocycles. The summed E-state index contributed by atoms with van der Waals surface area (Å²) in [5.74, 6) is -0.294. The predicted octanol–water partition coefficient (Wildman–Crippen LogP) is 2.44. The number of ether oxygens (including phenoxy) is 1. The molecule has 2 aromatic rings. The van der Waals surface area contributed by atoms with Crippen molar-refractivity contribution in [1.29, 1.82) is 0 Å². The first-order valence-electron chi connectivity index (χ1n) is 6.00. The van der Waals surface area contributed by atoms with Crippen LogP contribution >= 0.6 is 0 Å². The molecule has 1 atom stereocenters. The number of rotatable bonds is 4. The van der Waals surface area contributed by atoms with E-state index in [-0.39, 0.29) is 11.8 Å². The zero-order valence-corrected chi connectivity index (χ0v) is 11.1. The van der Waals surface area contributed by atoms with Gasteiger partial charge < -0.3 is 15.4 Å². The Hall–Kier alpha value is -2.57. The van der Waals surface area contributed by atoms with E-state index in [9.17, 15) is 9.18 Å². The third-order valence-corrected chi connectivity index (χ3v) is 2.78. The van der Waals surface area contributed by atoms with E-state index < -0.39 is 11.8 Å². The fraction of sp³-hybridized carbons (Fsp3) is 0.231. The zero-order chi connectivity index (χ0) is 14.5.